The van der Waals surface area contributed by atoms with E-state index in [9.17, 15) is 4.79 Å². The topological polar surface area (TPSA) is 77.7 Å². The third-order valence-electron chi connectivity index (χ3n) is 6.70. The molecule has 0 radical (unpaired) electrons. The van der Waals surface area contributed by atoms with Crippen LogP contribution in [0, 0.1) is 0 Å². The zero-order valence-electron chi connectivity index (χ0n) is 21.1. The van der Waals surface area contributed by atoms with Crippen LogP contribution < -0.4 is 10.7 Å². The van der Waals surface area contributed by atoms with Crippen molar-refractivity contribution in [1.82, 2.24) is 24.7 Å². The molecule has 188 valence electrons. The summed E-state index contributed by atoms with van der Waals surface area (Å²) in [6, 6.07) is 15.6. The van der Waals surface area contributed by atoms with Gasteiger partial charge in [0, 0.05) is 50.2 Å². The number of benzene rings is 2. The summed E-state index contributed by atoms with van der Waals surface area (Å²) in [4.78, 5) is 29.5. The lowest BCUT2D eigenvalue weighted by atomic mass is 10.1. The van der Waals surface area contributed by atoms with Gasteiger partial charge in [0.1, 0.15) is 17.2 Å². The second-order valence-electron chi connectivity index (χ2n) is 9.73. The van der Waals surface area contributed by atoms with Gasteiger partial charge in [0.15, 0.2) is 5.43 Å². The van der Waals surface area contributed by atoms with Crippen molar-refractivity contribution in [2.75, 3.05) is 58.7 Å². The van der Waals surface area contributed by atoms with Crippen LogP contribution in [0.25, 0.3) is 21.9 Å². The van der Waals surface area contributed by atoms with Gasteiger partial charge in [0.25, 0.3) is 0 Å². The van der Waals surface area contributed by atoms with Gasteiger partial charge in [0.05, 0.1) is 23.7 Å². The lowest BCUT2D eigenvalue weighted by Crippen LogP contribution is -2.46. The van der Waals surface area contributed by atoms with Gasteiger partial charge in [-0.3, -0.25) is 14.6 Å². The second-order valence-corrected chi connectivity index (χ2v) is 9.73. The maximum absolute atomic E-state index is 12.9. The molecule has 0 saturated carbocycles. The van der Waals surface area contributed by atoms with E-state index in [1.807, 2.05) is 36.4 Å². The molecule has 4 aromatic rings. The number of hydrogen-bond donors (Lipinski definition) is 1. The zero-order chi connectivity index (χ0) is 24.9. The Balaban J connectivity index is 1.21. The molecule has 2 aromatic heterocycles. The molecule has 3 heterocycles. The molecule has 0 bridgehead atoms. The first-order chi connectivity index (χ1) is 17.6. The van der Waals surface area contributed by atoms with Crippen molar-refractivity contribution in [2.45, 2.75) is 19.5 Å². The summed E-state index contributed by atoms with van der Waals surface area (Å²) >= 11 is 0. The van der Waals surface area contributed by atoms with E-state index in [1.165, 1.54) is 0 Å². The lowest BCUT2D eigenvalue weighted by molar-refractivity contribution is 0.119. The molecule has 1 fully saturated rings. The van der Waals surface area contributed by atoms with Gasteiger partial charge in [-0.05, 0) is 51.3 Å². The molecule has 0 unspecified atom stereocenters. The maximum Gasteiger partial charge on any atom is 0.197 e. The fourth-order valence-corrected chi connectivity index (χ4v) is 4.71. The number of nitrogens with zero attached hydrogens (tertiary/aromatic N) is 5. The Hall–Kier alpha value is -3.33. The summed E-state index contributed by atoms with van der Waals surface area (Å²) in [5, 5.41) is 5.24. The van der Waals surface area contributed by atoms with Crippen LogP contribution in [-0.2, 0) is 13.1 Å². The van der Waals surface area contributed by atoms with E-state index in [1.54, 1.807) is 6.26 Å². The van der Waals surface area contributed by atoms with Crippen LogP contribution in [0.4, 0.5) is 5.82 Å². The minimum atomic E-state index is 0.0643. The van der Waals surface area contributed by atoms with Crippen molar-refractivity contribution in [2.24, 2.45) is 0 Å². The summed E-state index contributed by atoms with van der Waals surface area (Å²) in [5.74, 6) is 1.75. The number of rotatable bonds is 9. The molecule has 1 N–H and O–H groups in total. The quantitative estimate of drug-likeness (QED) is 0.361. The van der Waals surface area contributed by atoms with Crippen LogP contribution in [0.15, 0.2) is 64.0 Å². The number of aromatic nitrogens is 2. The van der Waals surface area contributed by atoms with Gasteiger partial charge in [-0.15, -0.1) is 0 Å². The van der Waals surface area contributed by atoms with E-state index in [0.29, 0.717) is 29.6 Å². The molecule has 1 aliphatic rings. The zero-order valence-corrected chi connectivity index (χ0v) is 21.1. The van der Waals surface area contributed by atoms with Crippen molar-refractivity contribution in [3.63, 3.8) is 0 Å². The summed E-state index contributed by atoms with van der Waals surface area (Å²) < 4.78 is 5.70. The number of anilines is 1. The smallest absolute Gasteiger partial charge is 0.197 e. The van der Waals surface area contributed by atoms with E-state index in [-0.39, 0.29) is 5.43 Å². The molecule has 0 spiro atoms. The highest BCUT2D eigenvalue weighted by Gasteiger charge is 2.20. The number of piperazine rings is 1. The van der Waals surface area contributed by atoms with Crippen molar-refractivity contribution >= 4 is 27.7 Å². The Bertz CT molecular complexity index is 1380. The molecule has 1 saturated heterocycles. The third kappa shape index (κ3) is 5.73. The van der Waals surface area contributed by atoms with E-state index in [2.05, 4.69) is 46.2 Å². The average Bonchev–Trinajstić information content (AvgIpc) is 2.89. The Morgan fingerprint density at radius 3 is 2.39 bits per heavy atom. The molecule has 8 heteroatoms. The highest BCUT2D eigenvalue weighted by Crippen LogP contribution is 2.21. The molecular weight excluding hydrogens is 452 g/mol. The van der Waals surface area contributed by atoms with Crippen LogP contribution in [0.2, 0.25) is 0 Å². The minimum Gasteiger partial charge on any atom is -0.464 e. The van der Waals surface area contributed by atoms with Crippen molar-refractivity contribution < 1.29 is 4.42 Å². The largest absolute Gasteiger partial charge is 0.464 e. The predicted molar refractivity (Wildman–Crippen MR) is 144 cm³/mol. The molecule has 5 rings (SSSR count). The normalized spacial score (nSPS) is 15.2. The Morgan fingerprint density at radius 1 is 0.917 bits per heavy atom. The van der Waals surface area contributed by atoms with Crippen LogP contribution in [0.5, 0.6) is 0 Å². The van der Waals surface area contributed by atoms with Crippen LogP contribution in [-0.4, -0.2) is 78.0 Å². The first-order valence-electron chi connectivity index (χ1n) is 12.7. The number of para-hydroxylation sites is 2. The molecule has 2 aromatic carbocycles. The molecule has 36 heavy (non-hydrogen) atoms. The fourth-order valence-electron chi connectivity index (χ4n) is 4.71. The van der Waals surface area contributed by atoms with Crippen molar-refractivity contribution in [1.29, 1.82) is 0 Å². The number of nitrogens with one attached hydrogen (secondary N) is 1. The van der Waals surface area contributed by atoms with Gasteiger partial charge in [-0.1, -0.05) is 24.3 Å². The number of fused-ring (bicyclic) bond motifs is 2. The minimum absolute atomic E-state index is 0.0643. The van der Waals surface area contributed by atoms with Crippen LogP contribution in [0.3, 0.4) is 0 Å². The first-order valence-corrected chi connectivity index (χ1v) is 12.7. The predicted octanol–water partition coefficient (Wildman–Crippen LogP) is 3.42. The summed E-state index contributed by atoms with van der Waals surface area (Å²) in [6.45, 7) is 6.80. The van der Waals surface area contributed by atoms with Gasteiger partial charge in [-0.25, -0.2) is 9.97 Å². The monoisotopic (exact) mass is 486 g/mol. The molecule has 8 nitrogen and oxygen atoms in total. The third-order valence-corrected chi connectivity index (χ3v) is 6.70. The highest BCUT2D eigenvalue weighted by atomic mass is 16.3. The molecular formula is C28H34N6O2. The van der Waals surface area contributed by atoms with E-state index < -0.39 is 0 Å². The summed E-state index contributed by atoms with van der Waals surface area (Å²) in [6.07, 6.45) is 2.67. The average molecular weight is 487 g/mol. The first kappa shape index (κ1) is 24.4. The van der Waals surface area contributed by atoms with Gasteiger partial charge < -0.3 is 14.6 Å². The maximum atomic E-state index is 12.9. The Labute approximate surface area is 211 Å². The van der Waals surface area contributed by atoms with Crippen LogP contribution >= 0.6 is 0 Å². The number of hydrogen-bond acceptors (Lipinski definition) is 8. The van der Waals surface area contributed by atoms with E-state index >= 15 is 0 Å². The molecule has 0 aliphatic carbocycles. The summed E-state index contributed by atoms with van der Waals surface area (Å²) in [7, 11) is 4.18. The second kappa shape index (κ2) is 11.2. The lowest BCUT2D eigenvalue weighted by Gasteiger charge is -2.34. The standard InChI is InChI=1S/C28H34N6O2/c1-32(2)13-7-12-29-28-22-8-3-5-10-24(22)30-26(31-28)19-34-16-14-33(15-17-34)18-21-20-36-25-11-6-4-9-23(25)27(21)35/h3-6,8-11,20H,7,12-19H2,1-2H3,(H,29,30,31). The molecule has 0 atom stereocenters. The van der Waals surface area contributed by atoms with Crippen molar-refractivity contribution in [3.8, 4) is 0 Å². The van der Waals surface area contributed by atoms with Gasteiger partial charge in [-0.2, -0.15) is 0 Å². The van der Waals surface area contributed by atoms with E-state index in [4.69, 9.17) is 14.4 Å². The summed E-state index contributed by atoms with van der Waals surface area (Å²) in [5.41, 5.74) is 2.39. The van der Waals surface area contributed by atoms with E-state index in [0.717, 1.165) is 68.2 Å². The van der Waals surface area contributed by atoms with Crippen molar-refractivity contribution in [3.05, 3.63) is 76.4 Å². The van der Waals surface area contributed by atoms with Crippen LogP contribution in [0.1, 0.15) is 17.8 Å². The Kier molecular flexibility index (Phi) is 7.55. The SMILES string of the molecule is CN(C)CCCNc1nc(CN2CCN(Cc3coc4ccccc4c3=O)CC2)nc2ccccc12. The fraction of sp³-hybridized carbons (Fsp3) is 0.393. The Morgan fingerprint density at radius 2 is 1.61 bits per heavy atom. The molecule has 1 aliphatic heterocycles. The van der Waals surface area contributed by atoms with Gasteiger partial charge >= 0.3 is 0 Å². The molecule has 0 amide bonds. The van der Waals surface area contributed by atoms with Gasteiger partial charge in [0.2, 0.25) is 0 Å². The highest BCUT2D eigenvalue weighted by molar-refractivity contribution is 5.89.